The van der Waals surface area contributed by atoms with Gasteiger partial charge in [0.05, 0.1) is 23.6 Å². The summed E-state index contributed by atoms with van der Waals surface area (Å²) in [7, 11) is 0. The zero-order valence-electron chi connectivity index (χ0n) is 24.7. The molecule has 220 valence electrons. The number of aromatic carboxylic acids is 1. The molecule has 1 aliphatic heterocycles. The van der Waals surface area contributed by atoms with E-state index in [0.29, 0.717) is 29.3 Å². The number of nitrogens with zero attached hydrogens (tertiary/aromatic N) is 4. The number of anilines is 1. The maximum atomic E-state index is 12.5. The van der Waals surface area contributed by atoms with E-state index in [1.165, 1.54) is 28.5 Å². The monoisotopic (exact) mass is 575 g/mol. The van der Waals surface area contributed by atoms with Crippen LogP contribution in [0.25, 0.3) is 17.1 Å². The highest BCUT2D eigenvalue weighted by molar-refractivity contribution is 5.88. The highest BCUT2D eigenvalue weighted by Crippen LogP contribution is 2.41. The van der Waals surface area contributed by atoms with Gasteiger partial charge in [-0.15, -0.1) is 0 Å². The summed E-state index contributed by atoms with van der Waals surface area (Å²) in [6.07, 6.45) is 7.58. The molecule has 7 rings (SSSR count). The van der Waals surface area contributed by atoms with E-state index in [4.69, 9.17) is 4.98 Å². The average Bonchev–Trinajstić information content (AvgIpc) is 3.68. The molecule has 4 aromatic rings. The maximum Gasteiger partial charge on any atom is 0.339 e. The number of fused-ring (bicyclic) bond motifs is 1. The van der Waals surface area contributed by atoms with Gasteiger partial charge in [-0.2, -0.15) is 5.10 Å². The van der Waals surface area contributed by atoms with E-state index in [1.807, 2.05) is 18.2 Å². The lowest BCUT2D eigenvalue weighted by Crippen LogP contribution is -2.38. The lowest BCUT2D eigenvalue weighted by molar-refractivity contribution is -0.133. The van der Waals surface area contributed by atoms with Gasteiger partial charge in [0, 0.05) is 30.3 Å². The predicted molar refractivity (Wildman–Crippen MR) is 166 cm³/mol. The number of pyridine rings is 1. The number of aryl methyl sites for hydroxylation is 2. The summed E-state index contributed by atoms with van der Waals surface area (Å²) in [5, 5.41) is 17.6. The molecule has 0 radical (unpaired) electrons. The summed E-state index contributed by atoms with van der Waals surface area (Å²) in [5.41, 5.74) is 9.00. The van der Waals surface area contributed by atoms with Crippen molar-refractivity contribution in [3.63, 3.8) is 0 Å². The van der Waals surface area contributed by atoms with Gasteiger partial charge >= 0.3 is 5.97 Å². The van der Waals surface area contributed by atoms with E-state index in [9.17, 15) is 14.7 Å². The van der Waals surface area contributed by atoms with Crippen LogP contribution in [0.2, 0.25) is 0 Å². The Morgan fingerprint density at radius 1 is 0.953 bits per heavy atom. The van der Waals surface area contributed by atoms with Crippen LogP contribution >= 0.6 is 0 Å². The standard InChI is InChI=1S/C35H37N5O3/c1-21-19-26(23-15-17-39(18-16-23)34(41)25-9-10-25)12-13-29(21)37-31-14-11-24-5-3-6-27(33(24)31)30-7-4-8-32(38-30)40-22(2)28(20-36-40)35(42)43/h3-8,12-13,19-20,23,25,31,37H,9-11,14-18H2,1-2H3,(H,42,43)/t31-/m0/s1. The fourth-order valence-electron chi connectivity index (χ4n) is 6.91. The number of likely N-dealkylation sites (tertiary alicyclic amines) is 1. The molecule has 3 aliphatic rings. The normalized spacial score (nSPS) is 18.5. The molecular weight excluding hydrogens is 538 g/mol. The van der Waals surface area contributed by atoms with E-state index in [2.05, 4.69) is 58.6 Å². The van der Waals surface area contributed by atoms with Gasteiger partial charge in [-0.05, 0) is 98.7 Å². The second-order valence-electron chi connectivity index (χ2n) is 12.3. The lowest BCUT2D eigenvalue weighted by Gasteiger charge is -2.32. The Morgan fingerprint density at radius 2 is 1.74 bits per heavy atom. The first-order chi connectivity index (χ1) is 20.9. The second-order valence-corrected chi connectivity index (χ2v) is 12.3. The van der Waals surface area contributed by atoms with Crippen molar-refractivity contribution in [3.8, 4) is 17.1 Å². The van der Waals surface area contributed by atoms with Crippen LogP contribution in [-0.2, 0) is 11.2 Å². The zero-order chi connectivity index (χ0) is 29.7. The molecule has 0 spiro atoms. The van der Waals surface area contributed by atoms with Gasteiger partial charge in [-0.3, -0.25) is 4.79 Å². The van der Waals surface area contributed by atoms with Crippen LogP contribution in [0.3, 0.4) is 0 Å². The Hall–Kier alpha value is -4.46. The number of piperidine rings is 1. The van der Waals surface area contributed by atoms with Gasteiger partial charge in [0.25, 0.3) is 0 Å². The SMILES string of the molecule is Cc1cc(C2CCN(C(=O)C3CC3)CC2)ccc1N[C@H]1CCc2cccc(-c3cccc(-n4ncc(C(=O)O)c4C)n3)c21. The molecule has 1 atom stereocenters. The van der Waals surface area contributed by atoms with Crippen molar-refractivity contribution in [2.45, 2.75) is 64.3 Å². The molecule has 8 heteroatoms. The van der Waals surface area contributed by atoms with Crippen LogP contribution in [-0.4, -0.2) is 49.7 Å². The number of hydrogen-bond acceptors (Lipinski definition) is 5. The fraction of sp³-hybridized carbons (Fsp3) is 0.371. The van der Waals surface area contributed by atoms with E-state index >= 15 is 0 Å². The number of carbonyl (C=O) groups excluding carboxylic acids is 1. The summed E-state index contributed by atoms with van der Waals surface area (Å²) in [5.74, 6) is 0.771. The summed E-state index contributed by atoms with van der Waals surface area (Å²) < 4.78 is 1.59. The highest BCUT2D eigenvalue weighted by atomic mass is 16.4. The first-order valence-electron chi connectivity index (χ1n) is 15.4. The van der Waals surface area contributed by atoms with Crippen LogP contribution in [0.15, 0.2) is 60.8 Å². The second kappa shape index (κ2) is 11.0. The number of nitrogens with one attached hydrogen (secondary N) is 1. The number of amides is 1. The lowest BCUT2D eigenvalue weighted by atomic mass is 9.88. The molecule has 2 aliphatic carbocycles. The molecule has 8 nitrogen and oxygen atoms in total. The van der Waals surface area contributed by atoms with Gasteiger partial charge in [-0.1, -0.05) is 36.4 Å². The van der Waals surface area contributed by atoms with E-state index in [0.717, 1.165) is 68.6 Å². The molecule has 43 heavy (non-hydrogen) atoms. The number of rotatable bonds is 7. The molecule has 2 aromatic carbocycles. The van der Waals surface area contributed by atoms with Crippen molar-refractivity contribution in [1.82, 2.24) is 19.7 Å². The van der Waals surface area contributed by atoms with Crippen molar-refractivity contribution >= 4 is 17.6 Å². The molecular formula is C35H37N5O3. The van der Waals surface area contributed by atoms with Crippen LogP contribution in [0.4, 0.5) is 5.69 Å². The topological polar surface area (TPSA) is 100 Å². The quantitative estimate of drug-likeness (QED) is 0.262. The number of aromatic nitrogens is 3. The summed E-state index contributed by atoms with van der Waals surface area (Å²) in [6, 6.07) is 19.2. The average molecular weight is 576 g/mol. The Kier molecular flexibility index (Phi) is 7.00. The van der Waals surface area contributed by atoms with E-state index in [-0.39, 0.29) is 11.6 Å². The number of hydrogen-bond donors (Lipinski definition) is 2. The smallest absolute Gasteiger partial charge is 0.339 e. The van der Waals surface area contributed by atoms with Gasteiger partial charge in [0.1, 0.15) is 5.56 Å². The molecule has 3 heterocycles. The number of carboxylic acids is 1. The molecule has 2 aromatic heterocycles. The fourth-order valence-corrected chi connectivity index (χ4v) is 6.91. The third-order valence-corrected chi connectivity index (χ3v) is 9.50. The largest absolute Gasteiger partial charge is 0.478 e. The van der Waals surface area contributed by atoms with Gasteiger partial charge < -0.3 is 15.3 Å². The van der Waals surface area contributed by atoms with Crippen molar-refractivity contribution in [2.75, 3.05) is 18.4 Å². The minimum atomic E-state index is -0.997. The summed E-state index contributed by atoms with van der Waals surface area (Å²) >= 11 is 0. The van der Waals surface area contributed by atoms with Crippen LogP contribution in [0, 0.1) is 19.8 Å². The first-order valence-corrected chi connectivity index (χ1v) is 15.4. The van der Waals surface area contributed by atoms with Crippen molar-refractivity contribution in [3.05, 3.63) is 94.3 Å². The van der Waals surface area contributed by atoms with Gasteiger partial charge in [0.2, 0.25) is 5.91 Å². The maximum absolute atomic E-state index is 12.5. The third-order valence-electron chi connectivity index (χ3n) is 9.50. The van der Waals surface area contributed by atoms with Crippen LogP contribution < -0.4 is 5.32 Å². The van der Waals surface area contributed by atoms with Crippen molar-refractivity contribution in [1.29, 1.82) is 0 Å². The molecule has 2 fully saturated rings. The summed E-state index contributed by atoms with van der Waals surface area (Å²) in [6.45, 7) is 5.67. The van der Waals surface area contributed by atoms with E-state index in [1.54, 1.807) is 11.6 Å². The summed E-state index contributed by atoms with van der Waals surface area (Å²) in [4.78, 5) is 31.0. The number of carboxylic acid groups (broad SMARTS) is 1. The minimum absolute atomic E-state index is 0.155. The van der Waals surface area contributed by atoms with Crippen LogP contribution in [0.1, 0.15) is 82.4 Å². The highest BCUT2D eigenvalue weighted by Gasteiger charge is 2.35. The van der Waals surface area contributed by atoms with Gasteiger partial charge in [0.15, 0.2) is 5.82 Å². The Balaban J connectivity index is 1.11. The third kappa shape index (κ3) is 5.19. The zero-order valence-corrected chi connectivity index (χ0v) is 24.7. The van der Waals surface area contributed by atoms with Gasteiger partial charge in [-0.25, -0.2) is 14.5 Å². The van der Waals surface area contributed by atoms with Crippen LogP contribution in [0.5, 0.6) is 0 Å². The Morgan fingerprint density at radius 3 is 2.47 bits per heavy atom. The van der Waals surface area contributed by atoms with Crippen molar-refractivity contribution < 1.29 is 14.7 Å². The first kappa shape index (κ1) is 27.4. The molecule has 1 saturated carbocycles. The molecule has 0 unspecified atom stereocenters. The number of carbonyl (C=O) groups is 2. The number of benzene rings is 2. The van der Waals surface area contributed by atoms with E-state index < -0.39 is 5.97 Å². The predicted octanol–water partition coefficient (Wildman–Crippen LogP) is 6.46. The molecule has 0 bridgehead atoms. The molecule has 1 amide bonds. The Labute approximate surface area is 251 Å². The minimum Gasteiger partial charge on any atom is -0.478 e. The Bertz CT molecular complexity index is 1710. The molecule has 1 saturated heterocycles. The van der Waals surface area contributed by atoms with Crippen molar-refractivity contribution in [2.24, 2.45) is 5.92 Å². The molecule has 2 N–H and O–H groups in total.